The summed E-state index contributed by atoms with van der Waals surface area (Å²) in [7, 11) is 1.58. The summed E-state index contributed by atoms with van der Waals surface area (Å²) in [4.78, 5) is 32.8. The van der Waals surface area contributed by atoms with E-state index >= 15 is 0 Å². The van der Waals surface area contributed by atoms with Gasteiger partial charge < -0.3 is 4.74 Å². The van der Waals surface area contributed by atoms with Gasteiger partial charge in [0.25, 0.3) is 11.5 Å². The number of ether oxygens (including phenoxy) is 1. The maximum absolute atomic E-state index is 13.5. The van der Waals surface area contributed by atoms with Gasteiger partial charge in [-0.1, -0.05) is 12.1 Å². The number of nitrogens with one attached hydrogen (secondary N) is 1. The summed E-state index contributed by atoms with van der Waals surface area (Å²) in [6.45, 7) is 1.84. The molecule has 0 aliphatic heterocycles. The van der Waals surface area contributed by atoms with Crippen LogP contribution < -0.4 is 15.7 Å². The molecule has 0 saturated carbocycles. The van der Waals surface area contributed by atoms with Crippen molar-refractivity contribution in [3.63, 3.8) is 0 Å². The Morgan fingerprint density at radius 1 is 1.15 bits per heavy atom. The molecule has 0 saturated heterocycles. The second-order valence-electron chi connectivity index (χ2n) is 8.18. The SMILES string of the molecule is COc1ccccc1/C=N\NC(=O)c1ccc(-n2c(C)nc3sc4c(c3c2=O)CCCC4)cc1. The van der Waals surface area contributed by atoms with Crippen molar-refractivity contribution in [1.29, 1.82) is 0 Å². The zero-order chi connectivity index (χ0) is 23.7. The van der Waals surface area contributed by atoms with E-state index in [4.69, 9.17) is 9.72 Å². The number of para-hydroxylation sites is 1. The largest absolute Gasteiger partial charge is 0.496 e. The van der Waals surface area contributed by atoms with Crippen LogP contribution in [0.25, 0.3) is 15.9 Å². The molecule has 2 aromatic heterocycles. The fraction of sp³-hybridized carbons (Fsp3) is 0.231. The fourth-order valence-corrected chi connectivity index (χ4v) is 5.67. The lowest BCUT2D eigenvalue weighted by molar-refractivity contribution is 0.0955. The summed E-state index contributed by atoms with van der Waals surface area (Å²) in [5.74, 6) is 0.958. The van der Waals surface area contributed by atoms with Crippen molar-refractivity contribution in [2.24, 2.45) is 5.10 Å². The zero-order valence-electron chi connectivity index (χ0n) is 19.0. The zero-order valence-corrected chi connectivity index (χ0v) is 19.8. The minimum absolute atomic E-state index is 0.0412. The topological polar surface area (TPSA) is 85.6 Å². The summed E-state index contributed by atoms with van der Waals surface area (Å²) < 4.78 is 6.91. The van der Waals surface area contributed by atoms with Crippen LogP contribution in [-0.2, 0) is 12.8 Å². The fourth-order valence-electron chi connectivity index (χ4n) is 4.37. The van der Waals surface area contributed by atoms with Gasteiger partial charge in [-0.05, 0) is 74.6 Å². The number of nitrogens with zero attached hydrogens (tertiary/aromatic N) is 3. The number of aryl methyl sites for hydroxylation is 3. The van der Waals surface area contributed by atoms with Crippen LogP contribution in [0.4, 0.5) is 0 Å². The van der Waals surface area contributed by atoms with Crippen molar-refractivity contribution < 1.29 is 9.53 Å². The molecule has 0 spiro atoms. The Morgan fingerprint density at radius 2 is 1.91 bits per heavy atom. The first-order chi connectivity index (χ1) is 16.6. The molecule has 0 unspecified atom stereocenters. The highest BCUT2D eigenvalue weighted by Gasteiger charge is 2.21. The second-order valence-corrected chi connectivity index (χ2v) is 9.26. The molecule has 172 valence electrons. The number of carbonyl (C=O) groups excluding carboxylic acids is 1. The highest BCUT2D eigenvalue weighted by atomic mass is 32.1. The molecule has 0 radical (unpaired) electrons. The first-order valence-electron chi connectivity index (χ1n) is 11.2. The smallest absolute Gasteiger partial charge is 0.271 e. The van der Waals surface area contributed by atoms with Crippen molar-refractivity contribution in [2.75, 3.05) is 7.11 Å². The Kier molecular flexibility index (Phi) is 5.98. The van der Waals surface area contributed by atoms with Gasteiger partial charge >= 0.3 is 0 Å². The normalized spacial score (nSPS) is 13.2. The number of hydrogen-bond acceptors (Lipinski definition) is 6. The molecule has 0 fully saturated rings. The van der Waals surface area contributed by atoms with Gasteiger partial charge in [0.1, 0.15) is 16.4 Å². The number of amides is 1. The number of hydrazone groups is 1. The summed E-state index contributed by atoms with van der Waals surface area (Å²) >= 11 is 1.65. The Labute approximate surface area is 200 Å². The number of benzene rings is 2. The van der Waals surface area contributed by atoms with Gasteiger partial charge in [-0.25, -0.2) is 10.4 Å². The Hall–Kier alpha value is -3.78. The quantitative estimate of drug-likeness (QED) is 0.344. The third-order valence-electron chi connectivity index (χ3n) is 6.05. The van der Waals surface area contributed by atoms with Gasteiger partial charge in [0.05, 0.1) is 24.4 Å². The van der Waals surface area contributed by atoms with Crippen molar-refractivity contribution >= 4 is 33.7 Å². The van der Waals surface area contributed by atoms with Gasteiger partial charge in [0.2, 0.25) is 0 Å². The van der Waals surface area contributed by atoms with Crippen LogP contribution in [-0.4, -0.2) is 28.8 Å². The Morgan fingerprint density at radius 3 is 2.71 bits per heavy atom. The number of fused-ring (bicyclic) bond motifs is 3. The average Bonchev–Trinajstić information content (AvgIpc) is 3.23. The molecule has 2 aromatic carbocycles. The van der Waals surface area contributed by atoms with E-state index in [1.54, 1.807) is 47.3 Å². The van der Waals surface area contributed by atoms with E-state index in [2.05, 4.69) is 10.5 Å². The monoisotopic (exact) mass is 472 g/mol. The highest BCUT2D eigenvalue weighted by molar-refractivity contribution is 7.18. The van der Waals surface area contributed by atoms with Crippen LogP contribution in [0.3, 0.4) is 0 Å². The van der Waals surface area contributed by atoms with E-state index in [9.17, 15) is 9.59 Å². The molecule has 1 aliphatic carbocycles. The second kappa shape index (κ2) is 9.23. The van der Waals surface area contributed by atoms with Crippen LogP contribution in [0.15, 0.2) is 58.4 Å². The molecule has 1 N–H and O–H groups in total. The molecule has 2 heterocycles. The number of hydrogen-bond donors (Lipinski definition) is 1. The van der Waals surface area contributed by atoms with Crippen LogP contribution in [0, 0.1) is 6.92 Å². The molecular weight excluding hydrogens is 448 g/mol. The Balaban J connectivity index is 1.39. The summed E-state index contributed by atoms with van der Waals surface area (Å²) in [5.41, 5.74) is 5.54. The Bertz CT molecular complexity index is 1470. The summed E-state index contributed by atoms with van der Waals surface area (Å²) in [5, 5.41) is 4.78. The van der Waals surface area contributed by atoms with E-state index in [0.717, 1.165) is 35.0 Å². The molecule has 5 rings (SSSR count). The molecule has 8 heteroatoms. The molecule has 0 atom stereocenters. The number of carbonyl (C=O) groups is 1. The molecule has 34 heavy (non-hydrogen) atoms. The first-order valence-corrected chi connectivity index (χ1v) is 12.0. The van der Waals surface area contributed by atoms with Crippen molar-refractivity contribution in [3.8, 4) is 11.4 Å². The van der Waals surface area contributed by atoms with Crippen LogP contribution in [0.5, 0.6) is 5.75 Å². The highest BCUT2D eigenvalue weighted by Crippen LogP contribution is 2.34. The lowest BCUT2D eigenvalue weighted by Gasteiger charge is -2.12. The predicted octanol–water partition coefficient (Wildman–Crippen LogP) is 4.41. The van der Waals surface area contributed by atoms with Crippen molar-refractivity contribution in [1.82, 2.24) is 15.0 Å². The van der Waals surface area contributed by atoms with Crippen molar-refractivity contribution in [3.05, 3.63) is 86.3 Å². The molecule has 1 amide bonds. The van der Waals surface area contributed by atoms with Crippen LogP contribution in [0.1, 0.15) is 45.0 Å². The number of thiophene rings is 1. The third kappa shape index (κ3) is 4.01. The van der Waals surface area contributed by atoms with Gasteiger partial charge in [-0.15, -0.1) is 11.3 Å². The molecule has 7 nitrogen and oxygen atoms in total. The molecule has 0 bridgehead atoms. The molecular formula is C26H24N4O3S. The number of aromatic nitrogens is 2. The molecule has 4 aromatic rings. The van der Waals surface area contributed by atoms with Crippen molar-refractivity contribution in [2.45, 2.75) is 32.6 Å². The number of methoxy groups -OCH3 is 1. The summed E-state index contributed by atoms with van der Waals surface area (Å²) in [6, 6.07) is 14.3. The van der Waals surface area contributed by atoms with Crippen LogP contribution in [0.2, 0.25) is 0 Å². The van der Waals surface area contributed by atoms with E-state index < -0.39 is 0 Å². The van der Waals surface area contributed by atoms with E-state index in [0.29, 0.717) is 22.8 Å². The predicted molar refractivity (Wildman–Crippen MR) is 135 cm³/mol. The van der Waals surface area contributed by atoms with Gasteiger partial charge in [0, 0.05) is 16.0 Å². The third-order valence-corrected chi connectivity index (χ3v) is 7.24. The van der Waals surface area contributed by atoms with E-state index in [1.807, 2.05) is 31.2 Å². The minimum atomic E-state index is -0.345. The first kappa shape index (κ1) is 22.0. The maximum atomic E-state index is 13.5. The van der Waals surface area contributed by atoms with E-state index in [-0.39, 0.29) is 11.5 Å². The standard InChI is InChI=1S/C26H24N4O3S/c1-16-28-25-23(20-8-4-6-10-22(20)34-25)26(32)30(16)19-13-11-17(12-14-19)24(31)29-27-15-18-7-3-5-9-21(18)33-2/h3,5,7,9,11-15H,4,6,8,10H2,1-2H3,(H,29,31)/b27-15-. The molecule has 1 aliphatic rings. The lowest BCUT2D eigenvalue weighted by atomic mass is 9.97. The van der Waals surface area contributed by atoms with Crippen LogP contribution >= 0.6 is 11.3 Å². The minimum Gasteiger partial charge on any atom is -0.496 e. The van der Waals surface area contributed by atoms with Gasteiger partial charge in [0.15, 0.2) is 0 Å². The average molecular weight is 473 g/mol. The van der Waals surface area contributed by atoms with Gasteiger partial charge in [-0.3, -0.25) is 14.2 Å². The van der Waals surface area contributed by atoms with Gasteiger partial charge in [-0.2, -0.15) is 5.10 Å². The van der Waals surface area contributed by atoms with E-state index in [1.165, 1.54) is 23.1 Å². The summed E-state index contributed by atoms with van der Waals surface area (Å²) in [6.07, 6.45) is 5.77. The lowest BCUT2D eigenvalue weighted by Crippen LogP contribution is -2.23. The maximum Gasteiger partial charge on any atom is 0.271 e. The number of rotatable bonds is 5.